The normalized spacial score (nSPS) is 23.7. The number of carbonyl (C=O) groups is 1. The zero-order valence-corrected chi connectivity index (χ0v) is 20.2. The van der Waals surface area contributed by atoms with Gasteiger partial charge >= 0.3 is 5.92 Å². The van der Waals surface area contributed by atoms with Crippen molar-refractivity contribution in [2.24, 2.45) is 10.8 Å². The van der Waals surface area contributed by atoms with Crippen LogP contribution in [-0.2, 0) is 11.3 Å². The summed E-state index contributed by atoms with van der Waals surface area (Å²) in [6, 6.07) is 2.18. The van der Waals surface area contributed by atoms with E-state index in [9.17, 15) is 14.7 Å². The van der Waals surface area contributed by atoms with Gasteiger partial charge in [-0.1, -0.05) is 32.9 Å². The minimum absolute atomic E-state index is 0.122. The molecule has 7 nitrogen and oxygen atoms in total. The minimum atomic E-state index is -3.94. The van der Waals surface area contributed by atoms with E-state index in [1.54, 1.807) is 17.0 Å². The molecule has 2 aromatic rings. The maximum Gasteiger partial charge on any atom is 0.352 e. The van der Waals surface area contributed by atoms with Crippen molar-refractivity contribution in [1.82, 2.24) is 14.6 Å². The Hall–Kier alpha value is -2.55. The molecule has 2 aliphatic rings. The summed E-state index contributed by atoms with van der Waals surface area (Å²) in [5.74, 6) is -5.30. The Labute approximate surface area is 197 Å². The molecule has 186 valence electrons. The number of nitrogens with zero attached hydrogens (tertiary/aromatic N) is 3. The van der Waals surface area contributed by atoms with E-state index in [0.717, 1.165) is 4.90 Å². The van der Waals surface area contributed by atoms with Crippen molar-refractivity contribution in [3.63, 3.8) is 0 Å². The van der Waals surface area contributed by atoms with Gasteiger partial charge in [-0.25, -0.2) is 0 Å². The highest BCUT2D eigenvalue weighted by molar-refractivity contribution is 5.85. The van der Waals surface area contributed by atoms with Gasteiger partial charge in [-0.05, 0) is 42.9 Å². The Morgan fingerprint density at radius 1 is 1.18 bits per heavy atom. The van der Waals surface area contributed by atoms with Crippen LogP contribution in [0.15, 0.2) is 40.1 Å². The number of hydrogen-bond acceptors (Lipinski definition) is 5. The van der Waals surface area contributed by atoms with Crippen LogP contribution in [0.25, 0.3) is 0 Å². The number of halogens is 2. The monoisotopic (exact) mass is 477 g/mol. The molecular formula is C25H33F2N3O4. The Bertz CT molecular complexity index is 1080. The van der Waals surface area contributed by atoms with E-state index in [1.807, 2.05) is 27.7 Å². The minimum Gasteiger partial charge on any atom is -0.383 e. The summed E-state index contributed by atoms with van der Waals surface area (Å²) in [6.45, 7) is 7.91. The molecule has 0 aromatic carbocycles. The number of aliphatic hydroxyl groups is 1. The third-order valence-corrected chi connectivity index (χ3v) is 7.07. The van der Waals surface area contributed by atoms with Gasteiger partial charge in [0.05, 0.1) is 12.6 Å². The molecule has 9 heteroatoms. The van der Waals surface area contributed by atoms with Crippen molar-refractivity contribution in [3.05, 3.63) is 52.3 Å². The van der Waals surface area contributed by atoms with Gasteiger partial charge in [0.1, 0.15) is 17.6 Å². The summed E-state index contributed by atoms with van der Waals surface area (Å²) >= 11 is 0. The Morgan fingerprint density at radius 3 is 2.41 bits per heavy atom. The first-order valence-corrected chi connectivity index (χ1v) is 11.7. The van der Waals surface area contributed by atoms with Crippen LogP contribution in [0, 0.1) is 10.8 Å². The topological polar surface area (TPSA) is 88.6 Å². The fraction of sp³-hybridized carbons (Fsp3) is 0.640. The Morgan fingerprint density at radius 2 is 1.79 bits per heavy atom. The molecular weight excluding hydrogens is 444 g/mol. The van der Waals surface area contributed by atoms with Gasteiger partial charge in [-0.3, -0.25) is 9.59 Å². The number of carbonyl (C=O) groups excluding carboxylic acids is 1. The summed E-state index contributed by atoms with van der Waals surface area (Å²) in [7, 11) is 0. The first kappa shape index (κ1) is 24.6. The van der Waals surface area contributed by atoms with E-state index in [1.165, 1.54) is 18.4 Å². The van der Waals surface area contributed by atoms with Crippen molar-refractivity contribution in [2.45, 2.75) is 83.9 Å². The molecule has 1 atom stereocenters. The summed E-state index contributed by atoms with van der Waals surface area (Å²) in [5, 5.41) is 15.3. The first-order chi connectivity index (χ1) is 15.7. The number of likely N-dealkylation sites (tertiary alicyclic amines) is 1. The fourth-order valence-corrected chi connectivity index (χ4v) is 6.37. The maximum atomic E-state index is 15.8. The molecule has 0 bridgehead atoms. The lowest BCUT2D eigenvalue weighted by atomic mass is 9.58. The SMILES string of the molecule is CC1(C)CC(C)(C)CC(O)(C(F)(F)C(=O)N2CCC[C@H]2c2nocc2Cn2ccc(=O)cc2)C1. The standard InChI is InChI=1S/C25H33F2N3O4/c1-22(2)14-23(3,4)16-24(33,15-22)25(26,27)21(32)30-9-5-6-19(30)20-17(13-34-28-20)12-29-10-7-18(31)8-11-29/h7-8,10-11,13,19,33H,5-6,9,12,14-16H2,1-4H3/t19-/m0/s1. The van der Waals surface area contributed by atoms with Gasteiger partial charge in [-0.2, -0.15) is 8.78 Å². The van der Waals surface area contributed by atoms with Crippen LogP contribution < -0.4 is 5.43 Å². The Balaban J connectivity index is 1.60. The molecule has 0 spiro atoms. The number of pyridine rings is 1. The summed E-state index contributed by atoms with van der Waals surface area (Å²) in [4.78, 5) is 25.8. The first-order valence-electron chi connectivity index (χ1n) is 11.7. The van der Waals surface area contributed by atoms with Gasteiger partial charge in [0, 0.05) is 36.6 Å². The van der Waals surface area contributed by atoms with Crippen LogP contribution >= 0.6 is 0 Å². The van der Waals surface area contributed by atoms with Crippen molar-refractivity contribution >= 4 is 5.91 Å². The lowest BCUT2D eigenvalue weighted by molar-refractivity contribution is -0.231. The summed E-state index contributed by atoms with van der Waals surface area (Å²) in [6.07, 6.45) is 6.08. The second-order valence-corrected chi connectivity index (χ2v) is 11.6. The molecule has 2 fully saturated rings. The predicted molar refractivity (Wildman–Crippen MR) is 121 cm³/mol. The van der Waals surface area contributed by atoms with Crippen LogP contribution in [0.1, 0.15) is 77.1 Å². The van der Waals surface area contributed by atoms with Gasteiger partial charge in [0.2, 0.25) is 0 Å². The van der Waals surface area contributed by atoms with Crippen molar-refractivity contribution in [2.75, 3.05) is 6.54 Å². The van der Waals surface area contributed by atoms with E-state index < -0.39 is 34.3 Å². The van der Waals surface area contributed by atoms with Crippen LogP contribution in [0.3, 0.4) is 0 Å². The van der Waals surface area contributed by atoms with Gasteiger partial charge < -0.3 is 19.1 Å². The second-order valence-electron chi connectivity index (χ2n) is 11.6. The van der Waals surface area contributed by atoms with Crippen molar-refractivity contribution < 1.29 is 23.2 Å². The number of aromatic nitrogens is 2. The second kappa shape index (κ2) is 8.29. The van der Waals surface area contributed by atoms with Crippen molar-refractivity contribution in [3.8, 4) is 0 Å². The van der Waals surface area contributed by atoms with Crippen molar-refractivity contribution in [1.29, 1.82) is 0 Å². The van der Waals surface area contributed by atoms with E-state index in [4.69, 9.17) is 4.52 Å². The van der Waals surface area contributed by atoms with Gasteiger partial charge in [0.15, 0.2) is 5.43 Å². The van der Waals surface area contributed by atoms with E-state index in [2.05, 4.69) is 5.16 Å². The zero-order valence-electron chi connectivity index (χ0n) is 20.2. The average molecular weight is 478 g/mol. The van der Waals surface area contributed by atoms with Crippen LogP contribution in [0.2, 0.25) is 0 Å². The Kier molecular flexibility index (Phi) is 5.99. The van der Waals surface area contributed by atoms with Crippen LogP contribution in [-0.4, -0.2) is 43.7 Å². The molecule has 0 unspecified atom stereocenters. The van der Waals surface area contributed by atoms with Crippen LogP contribution in [0.5, 0.6) is 0 Å². The highest BCUT2D eigenvalue weighted by atomic mass is 19.3. The lowest BCUT2D eigenvalue weighted by Crippen LogP contribution is -2.62. The fourth-order valence-electron chi connectivity index (χ4n) is 6.37. The molecule has 4 rings (SSSR count). The smallest absolute Gasteiger partial charge is 0.352 e. The number of alkyl halides is 2. The third kappa shape index (κ3) is 4.54. The van der Waals surface area contributed by atoms with E-state index in [0.29, 0.717) is 37.1 Å². The molecule has 1 N–H and O–H groups in total. The largest absolute Gasteiger partial charge is 0.383 e. The molecule has 1 aliphatic heterocycles. The van der Waals surface area contributed by atoms with E-state index in [-0.39, 0.29) is 24.8 Å². The number of amides is 1. The summed E-state index contributed by atoms with van der Waals surface area (Å²) in [5.41, 5.74) is -2.53. The quantitative estimate of drug-likeness (QED) is 0.699. The maximum absolute atomic E-state index is 15.8. The number of rotatable bonds is 5. The van der Waals surface area contributed by atoms with Gasteiger partial charge in [-0.15, -0.1) is 0 Å². The molecule has 1 saturated heterocycles. The highest BCUT2D eigenvalue weighted by Crippen LogP contribution is 2.55. The molecule has 3 heterocycles. The van der Waals surface area contributed by atoms with Gasteiger partial charge in [0.25, 0.3) is 5.91 Å². The van der Waals surface area contributed by atoms with Crippen LogP contribution in [0.4, 0.5) is 8.78 Å². The van der Waals surface area contributed by atoms with E-state index >= 15 is 8.78 Å². The number of hydrogen-bond donors (Lipinski definition) is 1. The lowest BCUT2D eigenvalue weighted by Gasteiger charge is -2.51. The highest BCUT2D eigenvalue weighted by Gasteiger charge is 2.65. The molecule has 34 heavy (non-hydrogen) atoms. The average Bonchev–Trinajstić information content (AvgIpc) is 3.35. The molecule has 0 radical (unpaired) electrons. The third-order valence-electron chi connectivity index (χ3n) is 7.07. The molecule has 2 aromatic heterocycles. The molecule has 1 aliphatic carbocycles. The molecule has 1 amide bonds. The summed E-state index contributed by atoms with van der Waals surface area (Å²) < 4.78 is 38.5. The predicted octanol–water partition coefficient (Wildman–Crippen LogP) is 4.15. The zero-order chi connectivity index (χ0) is 24.9. The molecule has 1 saturated carbocycles.